The normalized spacial score (nSPS) is 12.1. The second kappa shape index (κ2) is 72.4. The van der Waals surface area contributed by atoms with Gasteiger partial charge in [0.05, 0.1) is 0 Å². The number of hydrogen-bond acceptors (Lipinski definition) is 6. The van der Waals surface area contributed by atoms with Crippen LogP contribution < -0.4 is 0 Å². The minimum atomic E-state index is -0.766. The van der Waals surface area contributed by atoms with E-state index in [1.54, 1.807) is 0 Å². The molecule has 0 rings (SSSR count). The average Bonchev–Trinajstić information content (AvgIpc) is 3.49. The predicted octanol–water partition coefficient (Wildman–Crippen LogP) is 26.1. The Balaban J connectivity index is 3.96. The second-order valence-electron chi connectivity index (χ2n) is 25.9. The molecule has 83 heavy (non-hydrogen) atoms. The summed E-state index contributed by atoms with van der Waals surface area (Å²) >= 11 is 0. The van der Waals surface area contributed by atoms with Gasteiger partial charge in [-0.25, -0.2) is 0 Å². The van der Waals surface area contributed by atoms with Crippen LogP contribution in [0.2, 0.25) is 0 Å². The highest BCUT2D eigenvalue weighted by Crippen LogP contribution is 2.20. The lowest BCUT2D eigenvalue weighted by molar-refractivity contribution is -0.167. The highest BCUT2D eigenvalue weighted by Gasteiger charge is 2.20. The zero-order valence-corrected chi connectivity index (χ0v) is 56.5. The molecule has 490 valence electrons. The van der Waals surface area contributed by atoms with Crippen molar-refractivity contribution in [2.45, 2.75) is 438 Å². The first kappa shape index (κ1) is 80.9. The van der Waals surface area contributed by atoms with Crippen molar-refractivity contribution in [1.82, 2.24) is 0 Å². The van der Waals surface area contributed by atoms with Crippen LogP contribution in [-0.4, -0.2) is 37.2 Å². The summed E-state index contributed by atoms with van der Waals surface area (Å²) in [5.74, 6) is -0.840. The molecule has 0 aromatic heterocycles. The Labute approximate surface area is 519 Å². The first-order valence-electron chi connectivity index (χ1n) is 37.8. The van der Waals surface area contributed by atoms with E-state index < -0.39 is 6.10 Å². The lowest BCUT2D eigenvalue weighted by Crippen LogP contribution is -2.30. The average molecular weight is 1170 g/mol. The number of ether oxygens (including phenoxy) is 3. The van der Waals surface area contributed by atoms with Crippen molar-refractivity contribution in [2.75, 3.05) is 13.2 Å². The van der Waals surface area contributed by atoms with E-state index >= 15 is 0 Å². The Kier molecular flexibility index (Phi) is 70.5. The lowest BCUT2D eigenvalue weighted by atomic mass is 10.0. The summed E-state index contributed by atoms with van der Waals surface area (Å²) in [5.41, 5.74) is 0. The third kappa shape index (κ3) is 70.5. The number of rotatable bonds is 71. The van der Waals surface area contributed by atoms with Gasteiger partial charge in [-0.05, 0) is 51.4 Å². The Morgan fingerprint density at radius 1 is 0.241 bits per heavy atom. The molecule has 0 aliphatic heterocycles. The largest absolute Gasteiger partial charge is 0.462 e. The van der Waals surface area contributed by atoms with Gasteiger partial charge in [-0.2, -0.15) is 0 Å². The molecule has 6 heteroatoms. The van der Waals surface area contributed by atoms with Crippen molar-refractivity contribution in [1.29, 1.82) is 0 Å². The van der Waals surface area contributed by atoms with Crippen molar-refractivity contribution in [3.63, 3.8) is 0 Å². The maximum Gasteiger partial charge on any atom is 0.306 e. The molecule has 6 nitrogen and oxygen atoms in total. The maximum absolute atomic E-state index is 12.9. The van der Waals surface area contributed by atoms with Gasteiger partial charge in [-0.1, -0.05) is 385 Å². The minimum Gasteiger partial charge on any atom is -0.462 e. The van der Waals surface area contributed by atoms with Gasteiger partial charge in [-0.15, -0.1) is 0 Å². The fraction of sp³-hybridized carbons (Fsp3) is 0.909. The van der Waals surface area contributed by atoms with E-state index in [4.69, 9.17) is 14.2 Å². The summed E-state index contributed by atoms with van der Waals surface area (Å²) in [6, 6.07) is 0. The Bertz CT molecular complexity index is 1340. The quantitative estimate of drug-likeness (QED) is 0.0261. The minimum absolute atomic E-state index is 0.0646. The van der Waals surface area contributed by atoms with Crippen molar-refractivity contribution in [2.24, 2.45) is 0 Å². The Morgan fingerprint density at radius 3 is 0.663 bits per heavy atom. The van der Waals surface area contributed by atoms with Crippen LogP contribution >= 0.6 is 0 Å². The highest BCUT2D eigenvalue weighted by molar-refractivity contribution is 5.71. The Morgan fingerprint density at radius 2 is 0.434 bits per heavy atom. The summed E-state index contributed by atoms with van der Waals surface area (Å²) in [5, 5.41) is 0. The van der Waals surface area contributed by atoms with E-state index in [-0.39, 0.29) is 31.1 Å². The van der Waals surface area contributed by atoms with Gasteiger partial charge in [0.2, 0.25) is 0 Å². The molecule has 0 N–H and O–H groups in total. The SMILES string of the molecule is CCCCCCC/C=C\C/C=C\CCCCCCCCCCCCCCCCCC(=O)OC(COC(=O)CCCCCCCCC)COC(=O)CCCCCCCCCCCCCCCCCCCCCCCCCCCCCCCCC. The number of hydrogen-bond donors (Lipinski definition) is 0. The standard InChI is InChI=1S/C77H146O6/c1-4-7-10-13-16-18-20-22-24-26-28-30-32-34-36-37-38-39-41-42-44-46-48-50-52-54-56-58-61-64-67-70-76(79)82-73-74(72-81-75(78)69-66-63-60-15-12-9-6-3)83-77(80)71-68-65-62-59-57-55-53-51-49-47-45-43-40-35-33-31-29-27-25-23-21-19-17-14-11-8-5-2/h21,23,27,29,74H,4-20,22,24-26,28,30-73H2,1-3H3/b23-21-,29-27-. The van der Waals surface area contributed by atoms with Crippen LogP contribution in [0.25, 0.3) is 0 Å². The molecule has 0 heterocycles. The molecular formula is C77H146O6. The molecule has 1 unspecified atom stereocenters. The van der Waals surface area contributed by atoms with Crippen LogP contribution in [0.1, 0.15) is 432 Å². The molecule has 0 aliphatic rings. The van der Waals surface area contributed by atoms with Gasteiger partial charge >= 0.3 is 17.9 Å². The number of carbonyl (C=O) groups is 3. The molecule has 0 radical (unpaired) electrons. The zero-order valence-electron chi connectivity index (χ0n) is 56.5. The van der Waals surface area contributed by atoms with Crippen molar-refractivity contribution < 1.29 is 28.6 Å². The van der Waals surface area contributed by atoms with Crippen molar-refractivity contribution >= 4 is 17.9 Å². The first-order chi connectivity index (χ1) is 41.0. The van der Waals surface area contributed by atoms with Gasteiger partial charge < -0.3 is 14.2 Å². The number of allylic oxidation sites excluding steroid dienone is 4. The van der Waals surface area contributed by atoms with Crippen LogP contribution in [0.3, 0.4) is 0 Å². The number of carbonyl (C=O) groups excluding carboxylic acids is 3. The molecule has 1 atom stereocenters. The summed E-state index contributed by atoms with van der Waals surface area (Å²) < 4.78 is 16.9. The van der Waals surface area contributed by atoms with E-state index in [1.165, 1.54) is 327 Å². The monoisotopic (exact) mass is 1170 g/mol. The summed E-state index contributed by atoms with van der Waals surface area (Å²) in [6.07, 6.45) is 89.8. The second-order valence-corrected chi connectivity index (χ2v) is 25.9. The fourth-order valence-corrected chi connectivity index (χ4v) is 11.8. The van der Waals surface area contributed by atoms with Crippen LogP contribution in [0.4, 0.5) is 0 Å². The van der Waals surface area contributed by atoms with Gasteiger partial charge in [0, 0.05) is 19.3 Å². The molecule has 0 saturated carbocycles. The maximum atomic E-state index is 12.9. The van der Waals surface area contributed by atoms with E-state index in [1.807, 2.05) is 0 Å². The van der Waals surface area contributed by atoms with E-state index in [2.05, 4.69) is 45.1 Å². The molecule has 0 bridgehead atoms. The topological polar surface area (TPSA) is 78.9 Å². The van der Waals surface area contributed by atoms with Crippen LogP contribution in [-0.2, 0) is 28.6 Å². The van der Waals surface area contributed by atoms with Crippen LogP contribution in [0.5, 0.6) is 0 Å². The molecule has 0 aromatic rings. The smallest absolute Gasteiger partial charge is 0.306 e. The molecule has 0 amide bonds. The van der Waals surface area contributed by atoms with Gasteiger partial charge in [0.1, 0.15) is 13.2 Å². The molecular weight excluding hydrogens is 1020 g/mol. The molecule has 0 spiro atoms. The highest BCUT2D eigenvalue weighted by atomic mass is 16.6. The van der Waals surface area contributed by atoms with E-state index in [0.717, 1.165) is 64.2 Å². The van der Waals surface area contributed by atoms with E-state index in [9.17, 15) is 14.4 Å². The van der Waals surface area contributed by atoms with Gasteiger partial charge in [0.25, 0.3) is 0 Å². The number of esters is 3. The lowest BCUT2D eigenvalue weighted by Gasteiger charge is -2.18. The fourth-order valence-electron chi connectivity index (χ4n) is 11.8. The van der Waals surface area contributed by atoms with Gasteiger partial charge in [0.15, 0.2) is 6.10 Å². The first-order valence-corrected chi connectivity index (χ1v) is 37.8. The van der Waals surface area contributed by atoms with Crippen molar-refractivity contribution in [3.05, 3.63) is 24.3 Å². The summed E-state index contributed by atoms with van der Waals surface area (Å²) in [7, 11) is 0. The number of unbranched alkanes of at least 4 members (excludes halogenated alkanes) is 56. The van der Waals surface area contributed by atoms with E-state index in [0.29, 0.717) is 19.3 Å². The molecule has 0 fully saturated rings. The summed E-state index contributed by atoms with van der Waals surface area (Å²) in [6.45, 7) is 6.67. The van der Waals surface area contributed by atoms with Crippen LogP contribution in [0.15, 0.2) is 24.3 Å². The molecule has 0 aliphatic carbocycles. The Hall–Kier alpha value is -2.11. The third-order valence-corrected chi connectivity index (χ3v) is 17.5. The zero-order chi connectivity index (χ0) is 59.9. The third-order valence-electron chi connectivity index (χ3n) is 17.5. The molecule has 0 saturated heterocycles. The van der Waals surface area contributed by atoms with Gasteiger partial charge in [-0.3, -0.25) is 14.4 Å². The van der Waals surface area contributed by atoms with Crippen molar-refractivity contribution in [3.8, 4) is 0 Å². The molecule has 0 aromatic carbocycles. The predicted molar refractivity (Wildman–Crippen MR) is 363 cm³/mol. The van der Waals surface area contributed by atoms with Crippen LogP contribution in [0, 0.1) is 0 Å². The summed E-state index contributed by atoms with van der Waals surface area (Å²) in [4.78, 5) is 38.2.